The zero-order valence-corrected chi connectivity index (χ0v) is 18.8. The summed E-state index contributed by atoms with van der Waals surface area (Å²) in [6.45, 7) is 1.77. The van der Waals surface area contributed by atoms with Gasteiger partial charge < -0.3 is 20.1 Å². The molecular weight excluding hydrogens is 442 g/mol. The zero-order chi connectivity index (χ0) is 23.2. The number of nitrogens with one attached hydrogen (secondary N) is 2. The van der Waals surface area contributed by atoms with Crippen LogP contribution in [0.1, 0.15) is 18.5 Å². The van der Waals surface area contributed by atoms with Crippen molar-refractivity contribution < 1.29 is 19.1 Å². The van der Waals surface area contributed by atoms with Crippen molar-refractivity contribution in [2.24, 2.45) is 5.92 Å². The molecule has 3 amide bonds. The Bertz CT molecular complexity index is 1220. The first-order chi connectivity index (χ1) is 15.9. The fraction of sp³-hybridized carbons (Fsp3) is 0.200. The van der Waals surface area contributed by atoms with Crippen LogP contribution in [0, 0.1) is 5.92 Å². The topological polar surface area (TPSA) is 79.9 Å². The summed E-state index contributed by atoms with van der Waals surface area (Å²) in [5, 5.41) is 6.47. The summed E-state index contributed by atoms with van der Waals surface area (Å²) in [7, 11) is 1.58. The lowest BCUT2D eigenvalue weighted by Crippen LogP contribution is -2.72. The zero-order valence-electron chi connectivity index (χ0n) is 18.0. The molecule has 0 spiro atoms. The molecule has 0 unspecified atom stereocenters. The molecule has 2 heterocycles. The number of para-hydroxylation sites is 1. The Kier molecular flexibility index (Phi) is 5.13. The van der Waals surface area contributed by atoms with Gasteiger partial charge in [0.25, 0.3) is 0 Å². The van der Waals surface area contributed by atoms with Crippen LogP contribution in [0.3, 0.4) is 0 Å². The fourth-order valence-electron chi connectivity index (χ4n) is 4.61. The monoisotopic (exact) mass is 463 g/mol. The summed E-state index contributed by atoms with van der Waals surface area (Å²) in [6.07, 6.45) is 0. The summed E-state index contributed by atoms with van der Waals surface area (Å²) in [6, 6.07) is 20.5. The molecule has 168 valence electrons. The highest BCUT2D eigenvalue weighted by Crippen LogP contribution is 2.50. The first-order valence-electron chi connectivity index (χ1n) is 10.5. The van der Waals surface area contributed by atoms with Crippen LogP contribution in [-0.2, 0) is 4.79 Å². The lowest BCUT2D eigenvalue weighted by Gasteiger charge is -2.54. The largest absolute Gasteiger partial charge is 0.497 e. The van der Waals surface area contributed by atoms with Gasteiger partial charge in [-0.25, -0.2) is 4.79 Å². The van der Waals surface area contributed by atoms with Gasteiger partial charge in [-0.2, -0.15) is 0 Å². The molecule has 33 heavy (non-hydrogen) atoms. The third-order valence-electron chi connectivity index (χ3n) is 6.11. The first-order valence-corrected chi connectivity index (χ1v) is 10.9. The number of amides is 3. The number of carbonyl (C=O) groups is 2. The van der Waals surface area contributed by atoms with Gasteiger partial charge in [-0.3, -0.25) is 9.69 Å². The van der Waals surface area contributed by atoms with Crippen molar-refractivity contribution >= 4 is 34.9 Å². The number of halogens is 1. The highest BCUT2D eigenvalue weighted by atomic mass is 35.5. The van der Waals surface area contributed by atoms with E-state index in [1.165, 1.54) is 4.90 Å². The van der Waals surface area contributed by atoms with Crippen molar-refractivity contribution in [3.05, 3.63) is 83.4 Å². The van der Waals surface area contributed by atoms with E-state index in [0.717, 1.165) is 0 Å². The van der Waals surface area contributed by atoms with E-state index < -0.39 is 17.7 Å². The number of carbonyl (C=O) groups excluding carboxylic acids is 2. The number of nitrogens with zero attached hydrogens (tertiary/aromatic N) is 1. The maximum absolute atomic E-state index is 13.7. The molecule has 1 saturated heterocycles. The number of anilines is 2. The molecule has 0 aromatic heterocycles. The minimum Gasteiger partial charge on any atom is -0.497 e. The summed E-state index contributed by atoms with van der Waals surface area (Å²) >= 11 is 6.24. The van der Waals surface area contributed by atoms with E-state index in [4.69, 9.17) is 21.1 Å². The molecule has 3 aromatic carbocycles. The van der Waals surface area contributed by atoms with Crippen molar-refractivity contribution in [3.8, 4) is 11.5 Å². The van der Waals surface area contributed by atoms with E-state index in [1.807, 2.05) is 30.3 Å². The SMILES string of the molecule is COc1ccc(NC(=O)[C@@H]2[C@H]3NC(=O)N(c4ccccc4)[C@@]2(C)Oc2ccc(Cl)cc23)cc1. The molecule has 5 rings (SSSR count). The lowest BCUT2D eigenvalue weighted by molar-refractivity contribution is -0.131. The third kappa shape index (κ3) is 3.54. The normalized spacial score (nSPS) is 23.1. The predicted molar refractivity (Wildman–Crippen MR) is 126 cm³/mol. The van der Waals surface area contributed by atoms with Gasteiger partial charge in [0.05, 0.1) is 13.2 Å². The smallest absolute Gasteiger partial charge is 0.325 e. The number of rotatable bonds is 4. The van der Waals surface area contributed by atoms with E-state index in [2.05, 4.69) is 10.6 Å². The number of hydrogen-bond donors (Lipinski definition) is 2. The Labute approximate surface area is 196 Å². The summed E-state index contributed by atoms with van der Waals surface area (Å²) in [4.78, 5) is 28.4. The van der Waals surface area contributed by atoms with Crippen molar-refractivity contribution in [2.75, 3.05) is 17.3 Å². The van der Waals surface area contributed by atoms with Crippen molar-refractivity contribution in [2.45, 2.75) is 18.7 Å². The number of methoxy groups -OCH3 is 1. The van der Waals surface area contributed by atoms with Crippen LogP contribution in [-0.4, -0.2) is 24.8 Å². The second-order valence-electron chi connectivity index (χ2n) is 8.13. The quantitative estimate of drug-likeness (QED) is 0.571. The molecule has 7 nitrogen and oxygen atoms in total. The number of fused-ring (bicyclic) bond motifs is 4. The van der Waals surface area contributed by atoms with Gasteiger partial charge >= 0.3 is 6.03 Å². The Hall–Kier alpha value is -3.71. The van der Waals surface area contributed by atoms with E-state index in [-0.39, 0.29) is 11.9 Å². The highest BCUT2D eigenvalue weighted by molar-refractivity contribution is 6.30. The molecule has 2 N–H and O–H groups in total. The molecule has 2 bridgehead atoms. The van der Waals surface area contributed by atoms with Crippen LogP contribution >= 0.6 is 11.6 Å². The Morgan fingerprint density at radius 2 is 1.85 bits per heavy atom. The molecule has 3 aromatic rings. The van der Waals surface area contributed by atoms with Gasteiger partial charge in [0, 0.05) is 22.0 Å². The molecule has 8 heteroatoms. The van der Waals surface area contributed by atoms with Crippen LogP contribution in [0.5, 0.6) is 11.5 Å². The van der Waals surface area contributed by atoms with E-state index >= 15 is 0 Å². The standard InChI is InChI=1S/C25H22ClN3O4/c1-25-21(23(30)27-16-9-11-18(32-2)12-10-16)22(19-14-15(26)8-13-20(19)33-25)28-24(31)29(25)17-6-4-3-5-7-17/h3-14,21-22H,1-2H3,(H,27,30)(H,28,31)/t21-,22-,25-/m0/s1. The Balaban J connectivity index is 1.59. The predicted octanol–water partition coefficient (Wildman–Crippen LogP) is 4.98. The second-order valence-corrected chi connectivity index (χ2v) is 8.57. The molecule has 3 atom stereocenters. The van der Waals surface area contributed by atoms with Gasteiger partial charge in [-0.05, 0) is 61.5 Å². The minimum atomic E-state index is -1.29. The van der Waals surface area contributed by atoms with Gasteiger partial charge in [-0.15, -0.1) is 0 Å². The maximum atomic E-state index is 13.7. The molecule has 0 saturated carbocycles. The maximum Gasteiger partial charge on any atom is 0.325 e. The molecule has 2 aliphatic rings. The summed E-state index contributed by atoms with van der Waals surface area (Å²) in [5.41, 5.74) is 0.606. The van der Waals surface area contributed by atoms with E-state index in [0.29, 0.717) is 33.5 Å². The highest BCUT2D eigenvalue weighted by Gasteiger charge is 2.60. The van der Waals surface area contributed by atoms with Crippen LogP contribution in [0.2, 0.25) is 5.02 Å². The Morgan fingerprint density at radius 1 is 1.12 bits per heavy atom. The number of hydrogen-bond acceptors (Lipinski definition) is 4. The lowest BCUT2D eigenvalue weighted by atomic mass is 9.78. The number of ether oxygens (including phenoxy) is 2. The average molecular weight is 464 g/mol. The molecule has 0 radical (unpaired) electrons. The van der Waals surface area contributed by atoms with E-state index in [9.17, 15) is 9.59 Å². The van der Waals surface area contributed by atoms with E-state index in [1.54, 1.807) is 56.5 Å². The first kappa shape index (κ1) is 21.2. The van der Waals surface area contributed by atoms with Crippen LogP contribution in [0.25, 0.3) is 0 Å². The van der Waals surface area contributed by atoms with Crippen molar-refractivity contribution in [1.29, 1.82) is 0 Å². The number of urea groups is 1. The average Bonchev–Trinajstić information content (AvgIpc) is 2.80. The fourth-order valence-corrected chi connectivity index (χ4v) is 4.80. The van der Waals surface area contributed by atoms with Crippen LogP contribution < -0.4 is 25.0 Å². The molecule has 1 fully saturated rings. The van der Waals surface area contributed by atoms with Gasteiger partial charge in [-0.1, -0.05) is 29.8 Å². The summed E-state index contributed by atoms with van der Waals surface area (Å²) in [5.74, 6) is 0.188. The molecule has 0 aliphatic carbocycles. The van der Waals surface area contributed by atoms with Crippen molar-refractivity contribution in [1.82, 2.24) is 5.32 Å². The number of benzene rings is 3. The molecular formula is C25H22ClN3O4. The van der Waals surface area contributed by atoms with Gasteiger partial charge in [0.1, 0.15) is 17.4 Å². The third-order valence-corrected chi connectivity index (χ3v) is 6.35. The Morgan fingerprint density at radius 3 is 2.55 bits per heavy atom. The van der Waals surface area contributed by atoms with Crippen LogP contribution in [0.15, 0.2) is 72.8 Å². The van der Waals surface area contributed by atoms with Gasteiger partial charge in [0.15, 0.2) is 0 Å². The second kappa shape index (κ2) is 8.01. The van der Waals surface area contributed by atoms with Crippen molar-refractivity contribution in [3.63, 3.8) is 0 Å². The van der Waals surface area contributed by atoms with Gasteiger partial charge in [0.2, 0.25) is 11.6 Å². The van der Waals surface area contributed by atoms with Crippen LogP contribution in [0.4, 0.5) is 16.2 Å². The summed E-state index contributed by atoms with van der Waals surface area (Å²) < 4.78 is 11.6. The molecule has 2 aliphatic heterocycles. The minimum absolute atomic E-state index is 0.292.